The van der Waals surface area contributed by atoms with Crippen molar-refractivity contribution < 1.29 is 0 Å². The Morgan fingerprint density at radius 3 is 2.55 bits per heavy atom. The number of rotatable bonds is 2. The van der Waals surface area contributed by atoms with E-state index in [0.717, 1.165) is 32.0 Å². The average Bonchev–Trinajstić information content (AvgIpc) is 2.49. The molecule has 20 heavy (non-hydrogen) atoms. The molecule has 1 fully saturated rings. The van der Waals surface area contributed by atoms with Crippen molar-refractivity contribution in [3.63, 3.8) is 0 Å². The van der Waals surface area contributed by atoms with Gasteiger partial charge in [-0.25, -0.2) is 10.1 Å². The van der Waals surface area contributed by atoms with E-state index in [1.165, 1.54) is 6.20 Å². The van der Waals surface area contributed by atoms with Crippen molar-refractivity contribution in [3.05, 3.63) is 46.0 Å². The molecule has 0 bridgehead atoms. The number of halogens is 1. The summed E-state index contributed by atoms with van der Waals surface area (Å²) in [4.78, 5) is 20.3. The van der Waals surface area contributed by atoms with Crippen molar-refractivity contribution in [2.75, 3.05) is 36.0 Å². The predicted octanol–water partition coefficient (Wildman–Crippen LogP) is 1.14. The van der Waals surface area contributed by atoms with Crippen LogP contribution in [0.4, 0.5) is 11.5 Å². The Balaban J connectivity index is 1.75. The molecule has 1 N–H and O–H groups in total. The quantitative estimate of drug-likeness (QED) is 0.899. The summed E-state index contributed by atoms with van der Waals surface area (Å²) in [6.45, 7) is 3.05. The molecule has 2 aromatic heterocycles. The number of nitrogens with zero attached hydrogens (tertiary/aromatic N) is 4. The first kappa shape index (κ1) is 12.9. The molecular formula is C13H14ClN5O. The van der Waals surface area contributed by atoms with Gasteiger partial charge in [0.1, 0.15) is 11.5 Å². The van der Waals surface area contributed by atoms with Crippen molar-refractivity contribution >= 4 is 23.1 Å². The second-order valence-electron chi connectivity index (χ2n) is 4.56. The maximum absolute atomic E-state index is 11.8. The molecule has 1 saturated heterocycles. The minimum absolute atomic E-state index is 0.246. The normalized spacial score (nSPS) is 15.4. The molecule has 0 radical (unpaired) electrons. The van der Waals surface area contributed by atoms with Gasteiger partial charge in [-0.3, -0.25) is 4.79 Å². The minimum atomic E-state index is -0.246. The third-order valence-electron chi connectivity index (χ3n) is 3.35. The van der Waals surface area contributed by atoms with E-state index < -0.39 is 0 Å². The van der Waals surface area contributed by atoms with E-state index in [1.807, 2.05) is 23.1 Å². The minimum Gasteiger partial charge on any atom is -0.362 e. The van der Waals surface area contributed by atoms with Crippen molar-refractivity contribution in [3.8, 4) is 0 Å². The Bertz CT molecular complexity index is 637. The molecular weight excluding hydrogens is 278 g/mol. The summed E-state index contributed by atoms with van der Waals surface area (Å²) in [7, 11) is 0. The molecule has 1 aliphatic heterocycles. The molecule has 6 nitrogen and oxygen atoms in total. The highest BCUT2D eigenvalue weighted by Crippen LogP contribution is 2.22. The van der Waals surface area contributed by atoms with Crippen LogP contribution in [0.15, 0.2) is 35.4 Å². The van der Waals surface area contributed by atoms with E-state index in [9.17, 15) is 4.79 Å². The number of piperazine rings is 1. The second-order valence-corrected chi connectivity index (χ2v) is 4.96. The van der Waals surface area contributed by atoms with Crippen molar-refractivity contribution in [1.29, 1.82) is 0 Å². The Labute approximate surface area is 121 Å². The number of H-pyrrole nitrogens is 1. The second kappa shape index (κ2) is 5.50. The van der Waals surface area contributed by atoms with Crippen molar-refractivity contribution in [2.45, 2.75) is 0 Å². The van der Waals surface area contributed by atoms with Gasteiger partial charge in [0, 0.05) is 32.4 Å². The van der Waals surface area contributed by atoms with Crippen molar-refractivity contribution in [2.24, 2.45) is 0 Å². The smallest absolute Gasteiger partial charge is 0.289 e. The summed E-state index contributed by atoms with van der Waals surface area (Å²) in [6.07, 6.45) is 3.25. The number of nitrogens with one attached hydrogen (secondary N) is 1. The van der Waals surface area contributed by atoms with E-state index in [2.05, 4.69) is 20.1 Å². The SMILES string of the molecule is O=c1[nH]ncc(Cl)c1N1CCN(c2ccccn2)CC1. The van der Waals surface area contributed by atoms with E-state index in [-0.39, 0.29) is 5.56 Å². The van der Waals surface area contributed by atoms with Gasteiger partial charge in [-0.2, -0.15) is 5.10 Å². The lowest BCUT2D eigenvalue weighted by Crippen LogP contribution is -2.48. The summed E-state index contributed by atoms with van der Waals surface area (Å²) in [5.74, 6) is 0.960. The zero-order chi connectivity index (χ0) is 13.9. The lowest BCUT2D eigenvalue weighted by molar-refractivity contribution is 0.644. The first-order valence-electron chi connectivity index (χ1n) is 6.40. The van der Waals surface area contributed by atoms with E-state index in [4.69, 9.17) is 11.6 Å². The Morgan fingerprint density at radius 1 is 1.15 bits per heavy atom. The number of aromatic amines is 1. The van der Waals surface area contributed by atoms with Gasteiger partial charge >= 0.3 is 0 Å². The molecule has 0 aliphatic carbocycles. The maximum Gasteiger partial charge on any atom is 0.289 e. The zero-order valence-electron chi connectivity index (χ0n) is 10.8. The molecule has 7 heteroatoms. The topological polar surface area (TPSA) is 65.1 Å². The average molecular weight is 292 g/mol. The van der Waals surface area contributed by atoms with Gasteiger partial charge in [0.25, 0.3) is 5.56 Å². The molecule has 3 rings (SSSR count). The molecule has 0 unspecified atom stereocenters. The highest BCUT2D eigenvalue weighted by molar-refractivity contribution is 6.33. The van der Waals surface area contributed by atoms with Crippen LogP contribution in [0.1, 0.15) is 0 Å². The zero-order valence-corrected chi connectivity index (χ0v) is 11.5. The highest BCUT2D eigenvalue weighted by Gasteiger charge is 2.21. The number of hydrogen-bond acceptors (Lipinski definition) is 5. The first-order chi connectivity index (χ1) is 9.75. The van der Waals surface area contributed by atoms with Crippen LogP contribution in [0.5, 0.6) is 0 Å². The maximum atomic E-state index is 11.8. The first-order valence-corrected chi connectivity index (χ1v) is 6.77. The number of aromatic nitrogens is 3. The fourth-order valence-corrected chi connectivity index (χ4v) is 2.62. The Kier molecular flexibility index (Phi) is 3.56. The number of pyridine rings is 1. The van der Waals surface area contributed by atoms with Crippen LogP contribution in [0.3, 0.4) is 0 Å². The summed E-state index contributed by atoms with van der Waals surface area (Å²) >= 11 is 6.07. The highest BCUT2D eigenvalue weighted by atomic mass is 35.5. The van der Waals surface area contributed by atoms with Gasteiger partial charge in [-0.15, -0.1) is 0 Å². The Morgan fingerprint density at radius 2 is 1.90 bits per heavy atom. The summed E-state index contributed by atoms with van der Waals surface area (Å²) < 4.78 is 0. The Hall–Kier alpha value is -2.08. The molecule has 0 amide bonds. The van der Waals surface area contributed by atoms with E-state index >= 15 is 0 Å². The number of anilines is 2. The summed E-state index contributed by atoms with van der Waals surface area (Å²) in [5.41, 5.74) is 0.256. The molecule has 0 saturated carbocycles. The van der Waals surface area contributed by atoms with Crippen LogP contribution in [0, 0.1) is 0 Å². The molecule has 2 aromatic rings. The van der Waals surface area contributed by atoms with Gasteiger partial charge in [0.05, 0.1) is 11.2 Å². The third-order valence-corrected chi connectivity index (χ3v) is 3.63. The molecule has 3 heterocycles. The van der Waals surface area contributed by atoms with Gasteiger partial charge in [-0.05, 0) is 12.1 Å². The molecule has 1 aliphatic rings. The largest absolute Gasteiger partial charge is 0.362 e. The van der Waals surface area contributed by atoms with E-state index in [0.29, 0.717) is 10.7 Å². The monoisotopic (exact) mass is 291 g/mol. The fourth-order valence-electron chi connectivity index (χ4n) is 2.36. The van der Waals surface area contributed by atoms with Crippen LogP contribution >= 0.6 is 11.6 Å². The lowest BCUT2D eigenvalue weighted by atomic mass is 10.2. The standard InChI is InChI=1S/C13H14ClN5O/c14-10-9-16-17-13(20)12(10)19-7-5-18(6-8-19)11-3-1-2-4-15-11/h1-4,9H,5-8H2,(H,17,20). The van der Waals surface area contributed by atoms with Gasteiger partial charge < -0.3 is 9.80 Å². The van der Waals surface area contributed by atoms with Crippen LogP contribution in [-0.4, -0.2) is 41.4 Å². The van der Waals surface area contributed by atoms with E-state index in [1.54, 1.807) is 6.20 Å². The van der Waals surface area contributed by atoms with Crippen LogP contribution in [0.25, 0.3) is 0 Å². The van der Waals surface area contributed by atoms with Crippen LogP contribution in [-0.2, 0) is 0 Å². The van der Waals surface area contributed by atoms with Gasteiger partial charge in [-0.1, -0.05) is 17.7 Å². The van der Waals surface area contributed by atoms with Gasteiger partial charge in [0.2, 0.25) is 0 Å². The van der Waals surface area contributed by atoms with Crippen molar-refractivity contribution in [1.82, 2.24) is 15.2 Å². The molecule has 0 aromatic carbocycles. The third kappa shape index (κ3) is 2.46. The fraction of sp³-hybridized carbons (Fsp3) is 0.308. The van der Waals surface area contributed by atoms with Crippen LogP contribution < -0.4 is 15.4 Å². The lowest BCUT2D eigenvalue weighted by Gasteiger charge is -2.36. The molecule has 0 atom stereocenters. The summed E-state index contributed by atoms with van der Waals surface area (Å²) in [5, 5.41) is 6.50. The summed E-state index contributed by atoms with van der Waals surface area (Å²) in [6, 6.07) is 5.86. The van der Waals surface area contributed by atoms with Crippen LogP contribution in [0.2, 0.25) is 5.02 Å². The predicted molar refractivity (Wildman–Crippen MR) is 78.5 cm³/mol. The van der Waals surface area contributed by atoms with Gasteiger partial charge in [0.15, 0.2) is 0 Å². The number of hydrogen-bond donors (Lipinski definition) is 1. The molecule has 0 spiro atoms. The molecule has 104 valence electrons.